The molecule has 5 nitrogen and oxygen atoms in total. The molecule has 28 heavy (non-hydrogen) atoms. The summed E-state index contributed by atoms with van der Waals surface area (Å²) in [4.78, 5) is 29.0. The van der Waals surface area contributed by atoms with Crippen LogP contribution in [0.2, 0.25) is 0 Å². The lowest BCUT2D eigenvalue weighted by molar-refractivity contribution is -0.140. The smallest absolute Gasteiger partial charge is 0.347 e. The quantitative estimate of drug-likeness (QED) is 0.474. The molecule has 1 saturated carbocycles. The fourth-order valence-electron chi connectivity index (χ4n) is 3.81. The molecule has 3 aromatic rings. The zero-order valence-corrected chi connectivity index (χ0v) is 15.9. The van der Waals surface area contributed by atoms with E-state index in [4.69, 9.17) is 9.15 Å². The number of nitrogens with zero attached hydrogens (tertiary/aromatic N) is 1. The van der Waals surface area contributed by atoms with Crippen LogP contribution in [0.25, 0.3) is 22.4 Å². The Labute approximate surface area is 163 Å². The molecule has 4 rings (SSSR count). The van der Waals surface area contributed by atoms with Gasteiger partial charge in [0.25, 0.3) is 0 Å². The van der Waals surface area contributed by atoms with E-state index in [-0.39, 0.29) is 17.8 Å². The van der Waals surface area contributed by atoms with Gasteiger partial charge in [0.2, 0.25) is 5.89 Å². The van der Waals surface area contributed by atoms with Crippen molar-refractivity contribution in [3.8, 4) is 17.2 Å². The summed E-state index contributed by atoms with van der Waals surface area (Å²) >= 11 is 0. The highest BCUT2D eigenvalue weighted by atomic mass is 16.5. The third kappa shape index (κ3) is 3.84. The van der Waals surface area contributed by atoms with Crippen molar-refractivity contribution in [2.24, 2.45) is 11.8 Å². The number of carbonyl (C=O) groups is 1. The topological polar surface area (TPSA) is 69.4 Å². The summed E-state index contributed by atoms with van der Waals surface area (Å²) in [5.41, 5.74) is 0.830. The number of carbonyl (C=O) groups excluding carboxylic acids is 1. The molecule has 0 unspecified atom stereocenters. The average molecular weight is 377 g/mol. The molecule has 5 heteroatoms. The standard InChI is InChI=1S/C23H23NO4/c1-2-15-7-9-17(10-8-15)22(25)27-18-13-11-16(12-14-18)21-24-20-6-4-3-5-19(20)23(26)28-21/h3-6,11-15,17H,2,7-10H2,1H3. The molecule has 0 saturated heterocycles. The second-order valence-corrected chi connectivity index (χ2v) is 7.39. The van der Waals surface area contributed by atoms with Gasteiger partial charge in [-0.05, 0) is 68.0 Å². The molecular weight excluding hydrogens is 354 g/mol. The maximum Gasteiger partial charge on any atom is 0.347 e. The van der Waals surface area contributed by atoms with Gasteiger partial charge in [0.15, 0.2) is 0 Å². The number of hydrogen-bond donors (Lipinski definition) is 0. The first-order valence-electron chi connectivity index (χ1n) is 9.86. The van der Waals surface area contributed by atoms with Gasteiger partial charge in [-0.25, -0.2) is 9.78 Å². The van der Waals surface area contributed by atoms with Gasteiger partial charge in [-0.2, -0.15) is 0 Å². The molecule has 1 aliphatic carbocycles. The first-order chi connectivity index (χ1) is 13.6. The van der Waals surface area contributed by atoms with Crippen molar-refractivity contribution in [3.63, 3.8) is 0 Å². The van der Waals surface area contributed by atoms with E-state index >= 15 is 0 Å². The second kappa shape index (κ2) is 7.97. The Morgan fingerprint density at radius 1 is 1.07 bits per heavy atom. The number of para-hydroxylation sites is 1. The average Bonchev–Trinajstić information content (AvgIpc) is 2.74. The molecule has 2 aromatic carbocycles. The lowest BCUT2D eigenvalue weighted by Crippen LogP contribution is -2.25. The van der Waals surface area contributed by atoms with Crippen LogP contribution in [-0.2, 0) is 4.79 Å². The van der Waals surface area contributed by atoms with E-state index in [2.05, 4.69) is 11.9 Å². The van der Waals surface area contributed by atoms with Crippen LogP contribution >= 0.6 is 0 Å². The molecule has 1 aromatic heterocycles. The van der Waals surface area contributed by atoms with E-state index in [1.165, 1.54) is 6.42 Å². The first kappa shape index (κ1) is 18.4. The number of fused-ring (bicyclic) bond motifs is 1. The fourth-order valence-corrected chi connectivity index (χ4v) is 3.81. The molecule has 1 heterocycles. The Hall–Kier alpha value is -2.95. The largest absolute Gasteiger partial charge is 0.426 e. The summed E-state index contributed by atoms with van der Waals surface area (Å²) in [5.74, 6) is 1.32. The van der Waals surface area contributed by atoms with Crippen molar-refractivity contribution < 1.29 is 13.9 Å². The van der Waals surface area contributed by atoms with Crippen LogP contribution in [0.5, 0.6) is 5.75 Å². The minimum atomic E-state index is -0.418. The molecule has 1 fully saturated rings. The third-order valence-corrected chi connectivity index (χ3v) is 5.61. The minimum absolute atomic E-state index is 0.0114. The van der Waals surface area contributed by atoms with Gasteiger partial charge in [-0.1, -0.05) is 25.5 Å². The van der Waals surface area contributed by atoms with Gasteiger partial charge >= 0.3 is 11.6 Å². The van der Waals surface area contributed by atoms with Crippen LogP contribution in [0.3, 0.4) is 0 Å². The van der Waals surface area contributed by atoms with Crippen LogP contribution in [0.1, 0.15) is 39.0 Å². The Kier molecular flexibility index (Phi) is 5.24. The van der Waals surface area contributed by atoms with E-state index < -0.39 is 5.63 Å². The highest BCUT2D eigenvalue weighted by molar-refractivity contribution is 5.78. The Balaban J connectivity index is 1.47. The Morgan fingerprint density at radius 2 is 1.79 bits per heavy atom. The molecule has 0 atom stereocenters. The number of esters is 1. The molecule has 0 bridgehead atoms. The van der Waals surface area contributed by atoms with E-state index in [1.807, 2.05) is 6.07 Å². The highest BCUT2D eigenvalue weighted by Crippen LogP contribution is 2.32. The van der Waals surface area contributed by atoms with Gasteiger partial charge in [-0.15, -0.1) is 0 Å². The van der Waals surface area contributed by atoms with Gasteiger partial charge in [0.05, 0.1) is 16.8 Å². The molecule has 144 valence electrons. The number of aromatic nitrogens is 1. The molecule has 0 aliphatic heterocycles. The predicted octanol–water partition coefficient (Wildman–Crippen LogP) is 4.98. The Bertz CT molecular complexity index is 1030. The van der Waals surface area contributed by atoms with Gasteiger partial charge in [-0.3, -0.25) is 4.79 Å². The van der Waals surface area contributed by atoms with Gasteiger partial charge in [0, 0.05) is 5.56 Å². The zero-order chi connectivity index (χ0) is 19.5. The summed E-state index contributed by atoms with van der Waals surface area (Å²) in [6.45, 7) is 2.21. The Morgan fingerprint density at radius 3 is 2.50 bits per heavy atom. The van der Waals surface area contributed by atoms with Crippen LogP contribution in [0.15, 0.2) is 57.7 Å². The minimum Gasteiger partial charge on any atom is -0.426 e. The van der Waals surface area contributed by atoms with E-state index in [9.17, 15) is 9.59 Å². The van der Waals surface area contributed by atoms with Crippen molar-refractivity contribution in [1.82, 2.24) is 4.98 Å². The number of hydrogen-bond acceptors (Lipinski definition) is 5. The lowest BCUT2D eigenvalue weighted by Gasteiger charge is -2.26. The SMILES string of the molecule is CCC1CCC(C(=O)Oc2ccc(-c3nc4ccccc4c(=O)o3)cc2)CC1. The van der Waals surface area contributed by atoms with Crippen molar-refractivity contribution >= 4 is 16.9 Å². The molecule has 0 N–H and O–H groups in total. The van der Waals surface area contributed by atoms with Crippen molar-refractivity contribution in [2.75, 3.05) is 0 Å². The fraction of sp³-hybridized carbons (Fsp3) is 0.348. The second-order valence-electron chi connectivity index (χ2n) is 7.39. The predicted molar refractivity (Wildman–Crippen MR) is 107 cm³/mol. The normalized spacial score (nSPS) is 19.5. The number of rotatable bonds is 4. The van der Waals surface area contributed by atoms with Crippen molar-refractivity contribution in [3.05, 3.63) is 59.0 Å². The monoisotopic (exact) mass is 377 g/mol. The summed E-state index contributed by atoms with van der Waals surface area (Å²) in [6, 6.07) is 14.0. The molecular formula is C23H23NO4. The van der Waals surface area contributed by atoms with Crippen LogP contribution in [-0.4, -0.2) is 11.0 Å². The lowest BCUT2D eigenvalue weighted by atomic mass is 9.81. The van der Waals surface area contributed by atoms with Crippen molar-refractivity contribution in [1.29, 1.82) is 0 Å². The zero-order valence-electron chi connectivity index (χ0n) is 15.9. The van der Waals surface area contributed by atoms with E-state index in [0.29, 0.717) is 22.2 Å². The summed E-state index contributed by atoms with van der Waals surface area (Å²) in [7, 11) is 0. The maximum absolute atomic E-state index is 12.4. The molecule has 0 spiro atoms. The van der Waals surface area contributed by atoms with E-state index in [1.54, 1.807) is 42.5 Å². The first-order valence-corrected chi connectivity index (χ1v) is 9.86. The van der Waals surface area contributed by atoms with Crippen molar-refractivity contribution in [2.45, 2.75) is 39.0 Å². The summed E-state index contributed by atoms with van der Waals surface area (Å²) in [6.07, 6.45) is 5.19. The number of ether oxygens (including phenoxy) is 1. The van der Waals surface area contributed by atoms with Crippen LogP contribution in [0, 0.1) is 11.8 Å². The molecule has 0 amide bonds. The van der Waals surface area contributed by atoms with Crippen LogP contribution < -0.4 is 10.4 Å². The van der Waals surface area contributed by atoms with Crippen LogP contribution in [0.4, 0.5) is 0 Å². The van der Waals surface area contributed by atoms with Gasteiger partial charge < -0.3 is 9.15 Å². The summed E-state index contributed by atoms with van der Waals surface area (Å²) < 4.78 is 10.9. The number of benzene rings is 2. The molecule has 0 radical (unpaired) electrons. The maximum atomic E-state index is 12.4. The van der Waals surface area contributed by atoms with Gasteiger partial charge in [0.1, 0.15) is 5.75 Å². The third-order valence-electron chi connectivity index (χ3n) is 5.61. The highest BCUT2D eigenvalue weighted by Gasteiger charge is 2.27. The summed E-state index contributed by atoms with van der Waals surface area (Å²) in [5, 5.41) is 0.453. The van der Waals surface area contributed by atoms with E-state index in [0.717, 1.165) is 31.6 Å². The molecule has 1 aliphatic rings.